The third-order valence-electron chi connectivity index (χ3n) is 3.70. The van der Waals surface area contributed by atoms with Crippen LogP contribution in [0.15, 0.2) is 16.5 Å². The molecule has 0 saturated carbocycles. The van der Waals surface area contributed by atoms with Crippen molar-refractivity contribution in [3.8, 4) is 5.95 Å². The fourth-order valence-electron chi connectivity index (χ4n) is 2.99. The van der Waals surface area contributed by atoms with Gasteiger partial charge in [0.2, 0.25) is 0 Å². The van der Waals surface area contributed by atoms with Crippen molar-refractivity contribution in [2.75, 3.05) is 0 Å². The lowest BCUT2D eigenvalue weighted by Gasteiger charge is -2.41. The first-order valence-electron chi connectivity index (χ1n) is 6.56. The molecule has 0 saturated heterocycles. The summed E-state index contributed by atoms with van der Waals surface area (Å²) in [5.74, 6) is 1.62. The molecule has 0 atom stereocenters. The largest absolute Gasteiger partial charge is 0.518 e. The van der Waals surface area contributed by atoms with Crippen molar-refractivity contribution in [3.05, 3.63) is 17.9 Å². The number of aryl methyl sites for hydroxylation is 1. The monoisotopic (exact) mass is 254 g/mol. The molecule has 0 aromatic carbocycles. The summed E-state index contributed by atoms with van der Waals surface area (Å²) in [7, 11) is -1.85. The van der Waals surface area contributed by atoms with Crippen molar-refractivity contribution < 1.29 is 8.84 Å². The van der Waals surface area contributed by atoms with E-state index in [9.17, 15) is 0 Å². The third kappa shape index (κ3) is 2.76. The zero-order chi connectivity index (χ0) is 13.2. The van der Waals surface area contributed by atoms with Gasteiger partial charge in [0.05, 0.1) is 0 Å². The Morgan fingerprint density at radius 1 is 0.941 bits per heavy atom. The standard InChI is InChI=1S/C14H26O2Si/c1-10(2)17(11(3)4,12(5)6)16-14-9-8-13(7)15-14/h8-12H,1-7H3. The molecule has 17 heavy (non-hydrogen) atoms. The quantitative estimate of drug-likeness (QED) is 0.679. The third-order valence-corrected chi connectivity index (χ3v) is 9.67. The van der Waals surface area contributed by atoms with Crippen molar-refractivity contribution in [2.45, 2.75) is 65.1 Å². The van der Waals surface area contributed by atoms with Gasteiger partial charge >= 0.3 is 0 Å². The maximum absolute atomic E-state index is 6.38. The molecule has 98 valence electrons. The van der Waals surface area contributed by atoms with Crippen LogP contribution >= 0.6 is 0 Å². The van der Waals surface area contributed by atoms with Gasteiger partial charge in [-0.1, -0.05) is 41.5 Å². The molecule has 0 bridgehead atoms. The molecule has 1 aromatic rings. The molecule has 0 aliphatic heterocycles. The smallest absolute Gasteiger partial charge is 0.270 e. The molecule has 2 nitrogen and oxygen atoms in total. The molecule has 0 radical (unpaired) electrons. The van der Waals surface area contributed by atoms with E-state index in [1.807, 2.05) is 19.1 Å². The van der Waals surface area contributed by atoms with Crippen molar-refractivity contribution in [1.29, 1.82) is 0 Å². The molecule has 0 amide bonds. The van der Waals surface area contributed by atoms with Gasteiger partial charge in [0.25, 0.3) is 14.3 Å². The SMILES string of the molecule is Cc1ccc(O[Si](C(C)C)(C(C)C)C(C)C)o1. The van der Waals surface area contributed by atoms with Crippen molar-refractivity contribution >= 4 is 8.32 Å². The Labute approximate surface area is 106 Å². The van der Waals surface area contributed by atoms with Gasteiger partial charge < -0.3 is 8.84 Å². The Balaban J connectivity index is 3.06. The van der Waals surface area contributed by atoms with Crippen LogP contribution in [0.3, 0.4) is 0 Å². The highest BCUT2D eigenvalue weighted by Gasteiger charge is 2.47. The molecule has 3 heteroatoms. The molecule has 0 unspecified atom stereocenters. The second-order valence-corrected chi connectivity index (χ2v) is 11.2. The first-order chi connectivity index (χ1) is 7.80. The van der Waals surface area contributed by atoms with Crippen LogP contribution in [0.4, 0.5) is 0 Å². The average molecular weight is 254 g/mol. The zero-order valence-electron chi connectivity index (χ0n) is 12.2. The van der Waals surface area contributed by atoms with E-state index < -0.39 is 8.32 Å². The molecular formula is C14H26O2Si. The van der Waals surface area contributed by atoms with Gasteiger partial charge in [-0.25, -0.2) is 0 Å². The summed E-state index contributed by atoms with van der Waals surface area (Å²) < 4.78 is 12.0. The highest BCUT2D eigenvalue weighted by atomic mass is 28.4. The van der Waals surface area contributed by atoms with Crippen LogP contribution in [0.25, 0.3) is 0 Å². The summed E-state index contributed by atoms with van der Waals surface area (Å²) in [6, 6.07) is 3.92. The van der Waals surface area contributed by atoms with Crippen LogP contribution in [0.5, 0.6) is 5.95 Å². The van der Waals surface area contributed by atoms with Gasteiger partial charge in [0, 0.05) is 6.07 Å². The van der Waals surface area contributed by atoms with Gasteiger partial charge in [0.1, 0.15) is 5.76 Å². The lowest BCUT2D eigenvalue weighted by molar-refractivity contribution is 0.349. The Morgan fingerprint density at radius 3 is 1.71 bits per heavy atom. The van der Waals surface area contributed by atoms with Crippen LogP contribution in [0.1, 0.15) is 47.3 Å². The minimum atomic E-state index is -1.85. The van der Waals surface area contributed by atoms with Crippen molar-refractivity contribution in [1.82, 2.24) is 0 Å². The molecular weight excluding hydrogens is 228 g/mol. The lowest BCUT2D eigenvalue weighted by atomic mass is 10.5. The second-order valence-electron chi connectivity index (χ2n) is 5.78. The summed E-state index contributed by atoms with van der Waals surface area (Å²) in [6.07, 6.45) is 0. The van der Waals surface area contributed by atoms with Crippen LogP contribution in [-0.2, 0) is 0 Å². The summed E-state index contributed by atoms with van der Waals surface area (Å²) in [4.78, 5) is 0. The fourth-order valence-corrected chi connectivity index (χ4v) is 8.16. The maximum Gasteiger partial charge on any atom is 0.270 e. The van der Waals surface area contributed by atoms with E-state index in [1.54, 1.807) is 0 Å². The van der Waals surface area contributed by atoms with E-state index in [1.165, 1.54) is 0 Å². The predicted molar refractivity (Wildman–Crippen MR) is 75.1 cm³/mol. The molecule has 1 rings (SSSR count). The van der Waals surface area contributed by atoms with Crippen molar-refractivity contribution in [2.24, 2.45) is 0 Å². The molecule has 0 aliphatic carbocycles. The number of hydrogen-bond acceptors (Lipinski definition) is 2. The Kier molecular flexibility index (Phi) is 4.47. The molecule has 0 aliphatic rings. The number of rotatable bonds is 5. The minimum Gasteiger partial charge on any atom is -0.518 e. The predicted octanol–water partition coefficient (Wildman–Crippen LogP) is 5.14. The van der Waals surface area contributed by atoms with Gasteiger partial charge in [-0.2, -0.15) is 0 Å². The van der Waals surface area contributed by atoms with E-state index in [-0.39, 0.29) is 0 Å². The van der Waals surface area contributed by atoms with Crippen molar-refractivity contribution in [3.63, 3.8) is 0 Å². The highest BCUT2D eigenvalue weighted by Crippen LogP contribution is 2.42. The van der Waals surface area contributed by atoms with E-state index >= 15 is 0 Å². The average Bonchev–Trinajstić information content (AvgIpc) is 2.58. The Bertz CT molecular complexity index is 331. The van der Waals surface area contributed by atoms with Gasteiger partial charge in [-0.3, -0.25) is 0 Å². The fraction of sp³-hybridized carbons (Fsp3) is 0.714. The van der Waals surface area contributed by atoms with E-state index in [4.69, 9.17) is 8.84 Å². The topological polar surface area (TPSA) is 22.4 Å². The van der Waals surface area contributed by atoms with E-state index in [2.05, 4.69) is 41.5 Å². The first kappa shape index (κ1) is 14.4. The molecule has 0 N–H and O–H groups in total. The Morgan fingerprint density at radius 2 is 1.41 bits per heavy atom. The molecule has 1 heterocycles. The second kappa shape index (κ2) is 5.30. The zero-order valence-corrected chi connectivity index (χ0v) is 13.2. The summed E-state index contributed by atoms with van der Waals surface area (Å²) >= 11 is 0. The lowest BCUT2D eigenvalue weighted by Crippen LogP contribution is -2.50. The summed E-state index contributed by atoms with van der Waals surface area (Å²) in [6.45, 7) is 15.6. The number of furan rings is 1. The highest BCUT2D eigenvalue weighted by molar-refractivity contribution is 6.78. The first-order valence-corrected chi connectivity index (χ1v) is 8.70. The van der Waals surface area contributed by atoms with E-state index in [0.29, 0.717) is 22.6 Å². The number of hydrogen-bond donors (Lipinski definition) is 0. The summed E-state index contributed by atoms with van der Waals surface area (Å²) in [5.41, 5.74) is 1.73. The van der Waals surface area contributed by atoms with Crippen LogP contribution in [0.2, 0.25) is 16.6 Å². The molecule has 0 spiro atoms. The van der Waals surface area contributed by atoms with E-state index in [0.717, 1.165) is 5.76 Å². The van der Waals surface area contributed by atoms with Gasteiger partial charge in [0.15, 0.2) is 0 Å². The molecule has 0 fully saturated rings. The summed E-state index contributed by atoms with van der Waals surface area (Å²) in [5, 5.41) is 0. The molecule has 1 aromatic heterocycles. The van der Waals surface area contributed by atoms with Crippen LogP contribution in [0, 0.1) is 6.92 Å². The van der Waals surface area contributed by atoms with Crippen LogP contribution in [-0.4, -0.2) is 8.32 Å². The van der Waals surface area contributed by atoms with Crippen LogP contribution < -0.4 is 4.43 Å². The minimum absolute atomic E-state index is 0.577. The Hall–Kier alpha value is -0.703. The normalized spacial score (nSPS) is 12.8. The maximum atomic E-state index is 6.38. The van der Waals surface area contributed by atoms with Gasteiger partial charge in [-0.05, 0) is 29.6 Å². The van der Waals surface area contributed by atoms with Gasteiger partial charge in [-0.15, -0.1) is 0 Å².